The summed E-state index contributed by atoms with van der Waals surface area (Å²) in [5, 5.41) is 18.8. The molecule has 6 nitrogen and oxygen atoms in total. The van der Waals surface area contributed by atoms with Crippen LogP contribution in [0, 0.1) is 0 Å². The third kappa shape index (κ3) is 2.95. The minimum absolute atomic E-state index is 0.0936. The van der Waals surface area contributed by atoms with Crippen molar-refractivity contribution in [2.45, 2.75) is 12.2 Å². The maximum absolute atomic E-state index is 10.9. The molecule has 0 bridgehead atoms. The van der Waals surface area contributed by atoms with Crippen LogP contribution in [0.4, 0.5) is 0 Å². The Bertz CT molecular complexity index is 343. The second-order valence-corrected chi connectivity index (χ2v) is 3.49. The number of aromatic nitrogens is 2. The van der Waals surface area contributed by atoms with Gasteiger partial charge in [0, 0.05) is 0 Å². The van der Waals surface area contributed by atoms with Crippen LogP contribution in [0.2, 0.25) is 0 Å². The van der Waals surface area contributed by atoms with Crippen molar-refractivity contribution in [1.29, 1.82) is 0 Å². The second-order valence-electron chi connectivity index (χ2n) is 2.68. The first-order valence-corrected chi connectivity index (χ1v) is 4.77. The minimum atomic E-state index is -1.66. The molecule has 0 radical (unpaired) electrons. The van der Waals surface area contributed by atoms with Gasteiger partial charge in [-0.25, -0.2) is 9.78 Å². The first-order chi connectivity index (χ1) is 7.06. The van der Waals surface area contributed by atoms with Gasteiger partial charge in [0.25, 0.3) is 0 Å². The van der Waals surface area contributed by atoms with E-state index in [0.717, 1.165) is 7.11 Å². The van der Waals surface area contributed by atoms with Gasteiger partial charge < -0.3 is 14.9 Å². The van der Waals surface area contributed by atoms with E-state index in [4.69, 9.17) is 0 Å². The fourth-order valence-electron chi connectivity index (χ4n) is 0.886. The maximum atomic E-state index is 10.9. The zero-order chi connectivity index (χ0) is 11.4. The van der Waals surface area contributed by atoms with Crippen molar-refractivity contribution in [2.75, 3.05) is 7.11 Å². The standard InChI is InChI=1S/C8H9BrN2O4/c1-15-8(14)7(13)6(12)4-2-11-5(9)3-10-4/h2-3,6-7,12-13H,1H3. The molecule has 1 rings (SSSR count). The Morgan fingerprint density at radius 3 is 2.60 bits per heavy atom. The zero-order valence-corrected chi connectivity index (χ0v) is 9.38. The van der Waals surface area contributed by atoms with Crippen LogP contribution in [0.1, 0.15) is 11.8 Å². The fourth-order valence-corrected chi connectivity index (χ4v) is 1.09. The smallest absolute Gasteiger partial charge is 0.337 e. The van der Waals surface area contributed by atoms with Gasteiger partial charge in [0.15, 0.2) is 6.10 Å². The van der Waals surface area contributed by atoms with Crippen LogP contribution < -0.4 is 0 Å². The van der Waals surface area contributed by atoms with Crippen LogP contribution in [0.3, 0.4) is 0 Å². The van der Waals surface area contributed by atoms with Crippen molar-refractivity contribution < 1.29 is 19.7 Å². The Morgan fingerprint density at radius 2 is 2.13 bits per heavy atom. The molecule has 15 heavy (non-hydrogen) atoms. The van der Waals surface area contributed by atoms with Crippen LogP contribution in [0.15, 0.2) is 17.0 Å². The van der Waals surface area contributed by atoms with Gasteiger partial charge >= 0.3 is 5.97 Å². The molecular weight excluding hydrogens is 268 g/mol. The van der Waals surface area contributed by atoms with E-state index in [1.54, 1.807) is 0 Å². The van der Waals surface area contributed by atoms with Gasteiger partial charge in [-0.15, -0.1) is 0 Å². The molecule has 0 spiro atoms. The number of hydrogen-bond acceptors (Lipinski definition) is 6. The van der Waals surface area contributed by atoms with E-state index >= 15 is 0 Å². The third-order valence-electron chi connectivity index (χ3n) is 1.69. The van der Waals surface area contributed by atoms with E-state index in [1.807, 2.05) is 0 Å². The molecule has 0 aromatic carbocycles. The number of aliphatic hydroxyl groups excluding tert-OH is 2. The molecule has 82 valence electrons. The summed E-state index contributed by atoms with van der Waals surface area (Å²) >= 11 is 3.06. The van der Waals surface area contributed by atoms with E-state index in [2.05, 4.69) is 30.6 Å². The quantitative estimate of drug-likeness (QED) is 0.744. The summed E-state index contributed by atoms with van der Waals surface area (Å²) in [4.78, 5) is 18.5. The maximum Gasteiger partial charge on any atom is 0.337 e. The molecule has 7 heteroatoms. The highest BCUT2D eigenvalue weighted by Gasteiger charge is 2.27. The molecule has 2 N–H and O–H groups in total. The number of nitrogens with zero attached hydrogens (tertiary/aromatic N) is 2. The summed E-state index contributed by atoms with van der Waals surface area (Å²) in [5.74, 6) is -0.924. The highest BCUT2D eigenvalue weighted by molar-refractivity contribution is 9.10. The molecule has 0 amide bonds. The van der Waals surface area contributed by atoms with Crippen molar-refractivity contribution in [1.82, 2.24) is 9.97 Å². The molecule has 0 saturated carbocycles. The zero-order valence-electron chi connectivity index (χ0n) is 7.79. The van der Waals surface area contributed by atoms with Gasteiger partial charge in [0.2, 0.25) is 0 Å². The number of hydrogen-bond donors (Lipinski definition) is 2. The topological polar surface area (TPSA) is 92.5 Å². The number of carbonyl (C=O) groups excluding carboxylic acids is 1. The Labute approximate surface area is 94.1 Å². The minimum Gasteiger partial charge on any atom is -0.467 e. The van der Waals surface area contributed by atoms with Crippen LogP contribution in [0.5, 0.6) is 0 Å². The average molecular weight is 277 g/mol. The predicted molar refractivity (Wildman–Crippen MR) is 52.7 cm³/mol. The number of halogens is 1. The van der Waals surface area contributed by atoms with Gasteiger partial charge in [-0.2, -0.15) is 0 Å². The largest absolute Gasteiger partial charge is 0.467 e. The summed E-state index contributed by atoms with van der Waals surface area (Å²) in [6.45, 7) is 0. The number of rotatable bonds is 3. The van der Waals surface area contributed by atoms with Gasteiger partial charge in [-0.1, -0.05) is 0 Å². The third-order valence-corrected chi connectivity index (χ3v) is 2.09. The molecule has 1 aromatic heterocycles. The van der Waals surface area contributed by atoms with E-state index < -0.39 is 18.2 Å². The number of carbonyl (C=O) groups is 1. The van der Waals surface area contributed by atoms with Crippen LogP contribution in [-0.4, -0.2) is 39.4 Å². The highest BCUT2D eigenvalue weighted by Crippen LogP contribution is 2.15. The first kappa shape index (κ1) is 12.0. The fraction of sp³-hybridized carbons (Fsp3) is 0.375. The Balaban J connectivity index is 2.80. The molecule has 1 aromatic rings. The Kier molecular flexibility index (Phi) is 4.13. The molecular formula is C8H9BrN2O4. The predicted octanol–water partition coefficient (Wildman–Crippen LogP) is -0.194. The van der Waals surface area contributed by atoms with Crippen molar-refractivity contribution in [2.24, 2.45) is 0 Å². The van der Waals surface area contributed by atoms with Crippen LogP contribution in [0.25, 0.3) is 0 Å². The second kappa shape index (κ2) is 5.15. The molecule has 2 atom stereocenters. The molecule has 0 fully saturated rings. The number of ether oxygens (including phenoxy) is 1. The van der Waals surface area contributed by atoms with E-state index in [0.29, 0.717) is 4.60 Å². The van der Waals surface area contributed by atoms with Crippen molar-refractivity contribution >= 4 is 21.9 Å². The summed E-state index contributed by atoms with van der Waals surface area (Å²) in [7, 11) is 1.12. The van der Waals surface area contributed by atoms with Crippen LogP contribution >= 0.6 is 15.9 Å². The lowest BCUT2D eigenvalue weighted by Crippen LogP contribution is -2.29. The summed E-state index contributed by atoms with van der Waals surface area (Å²) in [6.07, 6.45) is -0.507. The van der Waals surface area contributed by atoms with Gasteiger partial charge in [-0.3, -0.25) is 4.98 Å². The molecule has 0 saturated heterocycles. The lowest BCUT2D eigenvalue weighted by Gasteiger charge is -2.14. The molecule has 0 aliphatic heterocycles. The van der Waals surface area contributed by atoms with E-state index in [-0.39, 0.29) is 5.69 Å². The SMILES string of the molecule is COC(=O)C(O)C(O)c1cnc(Br)cn1. The number of aliphatic hydroxyl groups is 2. The highest BCUT2D eigenvalue weighted by atomic mass is 79.9. The van der Waals surface area contributed by atoms with Gasteiger partial charge in [-0.05, 0) is 15.9 Å². The number of esters is 1. The molecule has 0 aliphatic rings. The monoisotopic (exact) mass is 276 g/mol. The van der Waals surface area contributed by atoms with E-state index in [1.165, 1.54) is 12.4 Å². The van der Waals surface area contributed by atoms with Gasteiger partial charge in [0.1, 0.15) is 10.7 Å². The Morgan fingerprint density at radius 1 is 1.47 bits per heavy atom. The van der Waals surface area contributed by atoms with Crippen molar-refractivity contribution in [3.63, 3.8) is 0 Å². The first-order valence-electron chi connectivity index (χ1n) is 3.97. The summed E-state index contributed by atoms with van der Waals surface area (Å²) in [6, 6.07) is 0. The van der Waals surface area contributed by atoms with Crippen molar-refractivity contribution in [3.05, 3.63) is 22.7 Å². The average Bonchev–Trinajstić information content (AvgIpc) is 2.27. The van der Waals surface area contributed by atoms with E-state index in [9.17, 15) is 15.0 Å². The van der Waals surface area contributed by atoms with Crippen molar-refractivity contribution in [3.8, 4) is 0 Å². The summed E-state index contributed by atoms with van der Waals surface area (Å²) in [5.41, 5.74) is 0.0936. The summed E-state index contributed by atoms with van der Waals surface area (Å²) < 4.78 is 4.76. The number of methoxy groups -OCH3 is 1. The molecule has 1 heterocycles. The molecule has 2 unspecified atom stereocenters. The normalized spacial score (nSPS) is 14.4. The lowest BCUT2D eigenvalue weighted by molar-refractivity contribution is -0.157. The molecule has 0 aliphatic carbocycles. The van der Waals surface area contributed by atoms with Gasteiger partial charge in [0.05, 0.1) is 25.2 Å². The Hall–Kier alpha value is -1.05. The van der Waals surface area contributed by atoms with Crippen LogP contribution in [-0.2, 0) is 9.53 Å². The lowest BCUT2D eigenvalue weighted by atomic mass is 10.1.